The van der Waals surface area contributed by atoms with Crippen LogP contribution in [-0.4, -0.2) is 31.2 Å². The molecule has 0 fully saturated rings. The summed E-state index contributed by atoms with van der Waals surface area (Å²) in [6.45, 7) is 3.02. The monoisotopic (exact) mass is 315 g/mol. The van der Waals surface area contributed by atoms with Gasteiger partial charge < -0.3 is 19.9 Å². The fourth-order valence-electron chi connectivity index (χ4n) is 1.64. The molecule has 7 heteroatoms. The highest BCUT2D eigenvalue weighted by Crippen LogP contribution is 2.36. The summed E-state index contributed by atoms with van der Waals surface area (Å²) < 4.78 is 10.2. The molecule has 116 valence electrons. The van der Waals surface area contributed by atoms with E-state index in [0.29, 0.717) is 17.2 Å². The van der Waals surface area contributed by atoms with E-state index in [0.717, 1.165) is 0 Å². The van der Waals surface area contributed by atoms with Gasteiger partial charge in [0, 0.05) is 18.1 Å². The van der Waals surface area contributed by atoms with E-state index in [9.17, 15) is 9.59 Å². The molecule has 0 aliphatic carbocycles. The first-order valence-corrected chi connectivity index (χ1v) is 6.64. The van der Waals surface area contributed by atoms with Crippen molar-refractivity contribution in [2.24, 2.45) is 11.8 Å². The molecule has 0 saturated heterocycles. The molecular formula is C14H18ClNO5. The van der Waals surface area contributed by atoms with Gasteiger partial charge >= 0.3 is 5.97 Å². The lowest BCUT2D eigenvalue weighted by Crippen LogP contribution is -2.30. The minimum Gasteiger partial charge on any atom is -0.493 e. The molecule has 1 aromatic carbocycles. The Labute approximate surface area is 128 Å². The van der Waals surface area contributed by atoms with Gasteiger partial charge in [-0.05, 0) is 0 Å². The molecule has 2 N–H and O–H groups in total. The number of methoxy groups -OCH3 is 2. The Hall–Kier alpha value is -1.95. The standard InChI is InChI=1S/C14H18ClNO5/c1-7(8(2)14(18)19)13(17)16-10-6-12(21-4)11(20-3)5-9(10)15/h5-8H,1-4H3,(H,16,17)(H,18,19). The molecule has 0 radical (unpaired) electrons. The third-order valence-electron chi connectivity index (χ3n) is 3.28. The Kier molecular flexibility index (Phi) is 5.84. The van der Waals surface area contributed by atoms with E-state index in [1.807, 2.05) is 0 Å². The summed E-state index contributed by atoms with van der Waals surface area (Å²) in [5.74, 6) is -2.12. The van der Waals surface area contributed by atoms with Crippen molar-refractivity contribution in [1.29, 1.82) is 0 Å². The van der Waals surface area contributed by atoms with Crippen LogP contribution in [0.4, 0.5) is 5.69 Å². The number of benzene rings is 1. The number of aliphatic carboxylic acids is 1. The molecule has 1 rings (SSSR count). The zero-order chi connectivity index (χ0) is 16.2. The van der Waals surface area contributed by atoms with Crippen LogP contribution in [0.15, 0.2) is 12.1 Å². The van der Waals surface area contributed by atoms with Crippen LogP contribution in [0.1, 0.15) is 13.8 Å². The Morgan fingerprint density at radius 1 is 1.14 bits per heavy atom. The van der Waals surface area contributed by atoms with Crippen LogP contribution in [0.25, 0.3) is 0 Å². The zero-order valence-electron chi connectivity index (χ0n) is 12.3. The van der Waals surface area contributed by atoms with Crippen molar-refractivity contribution in [1.82, 2.24) is 0 Å². The van der Waals surface area contributed by atoms with E-state index in [-0.39, 0.29) is 5.02 Å². The maximum atomic E-state index is 12.1. The van der Waals surface area contributed by atoms with E-state index in [4.69, 9.17) is 26.2 Å². The Bertz CT molecular complexity index is 546. The van der Waals surface area contributed by atoms with Crippen LogP contribution in [0.5, 0.6) is 11.5 Å². The third-order valence-corrected chi connectivity index (χ3v) is 3.60. The van der Waals surface area contributed by atoms with Crippen molar-refractivity contribution < 1.29 is 24.2 Å². The maximum absolute atomic E-state index is 12.1. The molecule has 1 aromatic rings. The Balaban J connectivity index is 2.97. The van der Waals surface area contributed by atoms with Crippen molar-refractivity contribution in [3.05, 3.63) is 17.2 Å². The van der Waals surface area contributed by atoms with Crippen molar-refractivity contribution >= 4 is 29.2 Å². The zero-order valence-corrected chi connectivity index (χ0v) is 13.0. The van der Waals surface area contributed by atoms with Gasteiger partial charge in [0.2, 0.25) is 5.91 Å². The van der Waals surface area contributed by atoms with Gasteiger partial charge in [0.05, 0.1) is 30.8 Å². The molecule has 0 spiro atoms. The van der Waals surface area contributed by atoms with E-state index in [1.165, 1.54) is 33.3 Å². The quantitative estimate of drug-likeness (QED) is 0.843. The summed E-state index contributed by atoms with van der Waals surface area (Å²) in [4.78, 5) is 23.0. The number of amides is 1. The first-order valence-electron chi connectivity index (χ1n) is 6.27. The van der Waals surface area contributed by atoms with Gasteiger partial charge in [-0.1, -0.05) is 25.4 Å². The number of nitrogens with one attached hydrogen (secondary N) is 1. The van der Waals surface area contributed by atoms with E-state index in [2.05, 4.69) is 5.32 Å². The number of carboxylic acids is 1. The topological polar surface area (TPSA) is 84.9 Å². The lowest BCUT2D eigenvalue weighted by molar-refractivity contribution is -0.145. The van der Waals surface area contributed by atoms with E-state index < -0.39 is 23.7 Å². The Morgan fingerprint density at radius 2 is 1.67 bits per heavy atom. The number of rotatable bonds is 6. The van der Waals surface area contributed by atoms with Gasteiger partial charge in [-0.25, -0.2) is 0 Å². The number of ether oxygens (including phenoxy) is 2. The third kappa shape index (κ3) is 4.01. The summed E-state index contributed by atoms with van der Waals surface area (Å²) in [6, 6.07) is 3.04. The van der Waals surface area contributed by atoms with Crippen LogP contribution in [0.2, 0.25) is 5.02 Å². The van der Waals surface area contributed by atoms with Crippen molar-refractivity contribution in [2.75, 3.05) is 19.5 Å². The number of hydrogen-bond donors (Lipinski definition) is 2. The van der Waals surface area contributed by atoms with Gasteiger partial charge in [0.25, 0.3) is 0 Å². The molecular weight excluding hydrogens is 298 g/mol. The highest BCUT2D eigenvalue weighted by Gasteiger charge is 2.26. The molecule has 6 nitrogen and oxygen atoms in total. The molecule has 21 heavy (non-hydrogen) atoms. The summed E-state index contributed by atoms with van der Waals surface area (Å²) in [6.07, 6.45) is 0. The fraction of sp³-hybridized carbons (Fsp3) is 0.429. The van der Waals surface area contributed by atoms with Crippen LogP contribution in [0.3, 0.4) is 0 Å². The second-order valence-electron chi connectivity index (χ2n) is 4.59. The van der Waals surface area contributed by atoms with Crippen LogP contribution >= 0.6 is 11.6 Å². The van der Waals surface area contributed by atoms with Crippen LogP contribution in [0, 0.1) is 11.8 Å². The van der Waals surface area contributed by atoms with Gasteiger partial charge in [0.15, 0.2) is 11.5 Å². The van der Waals surface area contributed by atoms with Gasteiger partial charge in [0.1, 0.15) is 0 Å². The lowest BCUT2D eigenvalue weighted by atomic mass is 9.95. The molecule has 0 aromatic heterocycles. The largest absolute Gasteiger partial charge is 0.493 e. The number of halogens is 1. The molecule has 2 unspecified atom stereocenters. The molecule has 1 amide bonds. The summed E-state index contributed by atoms with van der Waals surface area (Å²) in [5, 5.41) is 11.8. The lowest BCUT2D eigenvalue weighted by Gasteiger charge is -2.17. The van der Waals surface area contributed by atoms with Gasteiger partial charge in [-0.3, -0.25) is 9.59 Å². The normalized spacial score (nSPS) is 13.2. The second-order valence-corrected chi connectivity index (χ2v) is 5.00. The number of carbonyl (C=O) groups is 2. The molecule has 2 atom stereocenters. The highest BCUT2D eigenvalue weighted by atomic mass is 35.5. The molecule has 0 aliphatic heterocycles. The van der Waals surface area contributed by atoms with E-state index in [1.54, 1.807) is 6.92 Å². The van der Waals surface area contributed by atoms with Crippen molar-refractivity contribution in [3.63, 3.8) is 0 Å². The molecule has 0 heterocycles. The number of carbonyl (C=O) groups excluding carboxylic acids is 1. The van der Waals surface area contributed by atoms with Crippen LogP contribution < -0.4 is 14.8 Å². The van der Waals surface area contributed by atoms with Crippen LogP contribution in [-0.2, 0) is 9.59 Å². The summed E-state index contributed by atoms with van der Waals surface area (Å²) >= 11 is 6.06. The average molecular weight is 316 g/mol. The maximum Gasteiger partial charge on any atom is 0.307 e. The highest BCUT2D eigenvalue weighted by molar-refractivity contribution is 6.34. The smallest absolute Gasteiger partial charge is 0.307 e. The summed E-state index contributed by atoms with van der Waals surface area (Å²) in [7, 11) is 2.94. The second kappa shape index (κ2) is 7.17. The van der Waals surface area contributed by atoms with Gasteiger partial charge in [-0.15, -0.1) is 0 Å². The first-order chi connectivity index (χ1) is 9.81. The number of anilines is 1. The number of carboxylic acid groups (broad SMARTS) is 1. The SMILES string of the molecule is COc1cc(Cl)c(NC(=O)C(C)C(C)C(=O)O)cc1OC. The van der Waals surface area contributed by atoms with Crippen molar-refractivity contribution in [2.45, 2.75) is 13.8 Å². The predicted octanol–water partition coefficient (Wildman–Crippen LogP) is 2.65. The van der Waals surface area contributed by atoms with E-state index >= 15 is 0 Å². The summed E-state index contributed by atoms with van der Waals surface area (Å²) in [5.41, 5.74) is 0.337. The van der Waals surface area contributed by atoms with Gasteiger partial charge in [-0.2, -0.15) is 0 Å². The molecule has 0 bridgehead atoms. The minimum absolute atomic E-state index is 0.274. The predicted molar refractivity (Wildman–Crippen MR) is 79.1 cm³/mol. The average Bonchev–Trinajstić information content (AvgIpc) is 2.46. The van der Waals surface area contributed by atoms with Crippen molar-refractivity contribution in [3.8, 4) is 11.5 Å². The first kappa shape index (κ1) is 17.1. The number of hydrogen-bond acceptors (Lipinski definition) is 4. The minimum atomic E-state index is -1.03. The molecule has 0 saturated carbocycles. The fourth-order valence-corrected chi connectivity index (χ4v) is 1.84. The Morgan fingerprint density at radius 3 is 2.14 bits per heavy atom. The molecule has 0 aliphatic rings.